The van der Waals surface area contributed by atoms with Crippen LogP contribution in [0.1, 0.15) is 12.8 Å². The summed E-state index contributed by atoms with van der Waals surface area (Å²) in [6, 6.07) is 1.21. The molecule has 0 bridgehead atoms. The van der Waals surface area contributed by atoms with Gasteiger partial charge in [-0.3, -0.25) is 0 Å². The van der Waals surface area contributed by atoms with Gasteiger partial charge in [0.2, 0.25) is 0 Å². The van der Waals surface area contributed by atoms with E-state index < -0.39 is 23.7 Å². The van der Waals surface area contributed by atoms with Crippen LogP contribution in [0.15, 0.2) is 37.4 Å². The van der Waals surface area contributed by atoms with Gasteiger partial charge >= 0.3 is 17.6 Å². The van der Waals surface area contributed by atoms with E-state index in [0.29, 0.717) is 51.4 Å². The molecule has 2 aromatic heterocycles. The number of ether oxygens (including phenoxy) is 2. The first kappa shape index (κ1) is 32.7. The molecule has 0 saturated carbocycles. The molecule has 13 nitrogen and oxygen atoms in total. The molecule has 2 rings (SSSR count). The molecule has 0 spiro atoms. The predicted octanol–water partition coefficient (Wildman–Crippen LogP) is 1.45. The van der Waals surface area contributed by atoms with Crippen LogP contribution < -0.4 is 0 Å². The van der Waals surface area contributed by atoms with E-state index in [1.165, 1.54) is 0 Å². The number of nitrogens with zero attached hydrogens (tertiary/aromatic N) is 4. The average molecular weight is 577 g/mol. The van der Waals surface area contributed by atoms with Crippen LogP contribution in [0.4, 0.5) is 0 Å². The normalized spacial score (nSPS) is 14.2. The van der Waals surface area contributed by atoms with Crippen molar-refractivity contribution in [3.8, 4) is 0 Å². The van der Waals surface area contributed by atoms with E-state index in [4.69, 9.17) is 36.0 Å². The van der Waals surface area contributed by atoms with Crippen LogP contribution in [0.25, 0.3) is 0 Å². The highest BCUT2D eigenvalue weighted by atomic mass is 28.4. The van der Waals surface area contributed by atoms with Crippen LogP contribution in [0.2, 0.25) is 12.1 Å². The lowest BCUT2D eigenvalue weighted by atomic mass is 10.4. The van der Waals surface area contributed by atoms with Crippen molar-refractivity contribution < 1.29 is 41.1 Å². The van der Waals surface area contributed by atoms with Gasteiger partial charge in [0.15, 0.2) is 0 Å². The van der Waals surface area contributed by atoms with Crippen molar-refractivity contribution in [1.82, 2.24) is 19.1 Å². The van der Waals surface area contributed by atoms with Gasteiger partial charge in [-0.2, -0.15) is 0 Å². The van der Waals surface area contributed by atoms with Crippen LogP contribution in [-0.2, 0) is 49.1 Å². The topological polar surface area (TPSA) is 130 Å². The van der Waals surface area contributed by atoms with Gasteiger partial charge < -0.3 is 50.3 Å². The molecule has 0 radical (unpaired) electrons. The van der Waals surface area contributed by atoms with Gasteiger partial charge in [-0.05, 0) is 12.8 Å². The first-order chi connectivity index (χ1) is 18.4. The Balaban J connectivity index is 1.83. The quantitative estimate of drug-likeness (QED) is 0.152. The Hall–Kier alpha value is -1.51. The Morgan fingerprint density at radius 1 is 0.711 bits per heavy atom. The second kappa shape index (κ2) is 18.0. The lowest BCUT2D eigenvalue weighted by molar-refractivity contribution is -0.0103. The molecular weight excluding hydrogens is 532 g/mol. The summed E-state index contributed by atoms with van der Waals surface area (Å²) < 4.78 is 49.9. The molecule has 0 fully saturated rings. The van der Waals surface area contributed by atoms with Gasteiger partial charge in [0.25, 0.3) is 0 Å². The van der Waals surface area contributed by atoms with Crippen LogP contribution in [-0.4, -0.2) is 116 Å². The van der Waals surface area contributed by atoms with Gasteiger partial charge in [-0.25, -0.2) is 9.97 Å². The summed E-state index contributed by atoms with van der Waals surface area (Å²) in [7, 11) is 2.37. The lowest BCUT2D eigenvalue weighted by Gasteiger charge is -2.31. The van der Waals surface area contributed by atoms with E-state index in [0.717, 1.165) is 6.42 Å². The molecule has 0 aliphatic rings. The van der Waals surface area contributed by atoms with Gasteiger partial charge in [0.05, 0.1) is 51.2 Å². The summed E-state index contributed by atoms with van der Waals surface area (Å²) in [5, 5.41) is 10.1. The minimum absolute atomic E-state index is 0.226. The minimum Gasteiger partial charge on any atom is -0.389 e. The third-order valence-electron chi connectivity index (χ3n) is 6.01. The van der Waals surface area contributed by atoms with Crippen molar-refractivity contribution in [3.63, 3.8) is 0 Å². The fraction of sp³-hybridized carbons (Fsp3) is 0.739. The van der Waals surface area contributed by atoms with Gasteiger partial charge in [0, 0.05) is 85.6 Å². The van der Waals surface area contributed by atoms with Crippen molar-refractivity contribution in [1.29, 1.82) is 0 Å². The molecule has 1 N–H and O–H groups in total. The summed E-state index contributed by atoms with van der Waals surface area (Å²) in [5.41, 5.74) is 0. The summed E-state index contributed by atoms with van der Waals surface area (Å²) >= 11 is 0. The number of rotatable bonds is 23. The molecule has 218 valence electrons. The van der Waals surface area contributed by atoms with Crippen molar-refractivity contribution in [2.24, 2.45) is 0 Å². The van der Waals surface area contributed by atoms with E-state index in [1.807, 2.05) is 15.3 Å². The second-order valence-corrected chi connectivity index (χ2v) is 14.7. The Bertz CT molecular complexity index is 817. The highest BCUT2D eigenvalue weighted by Crippen LogP contribution is 2.20. The highest BCUT2D eigenvalue weighted by Gasteiger charge is 2.41. The number of aromatic nitrogens is 4. The van der Waals surface area contributed by atoms with E-state index >= 15 is 0 Å². The molecule has 0 amide bonds. The highest BCUT2D eigenvalue weighted by molar-refractivity contribution is 6.61. The van der Waals surface area contributed by atoms with Crippen LogP contribution >= 0.6 is 0 Å². The molecule has 0 aliphatic carbocycles. The zero-order valence-electron chi connectivity index (χ0n) is 23.2. The molecule has 38 heavy (non-hydrogen) atoms. The average Bonchev–Trinajstić information content (AvgIpc) is 3.65. The predicted molar refractivity (Wildman–Crippen MR) is 142 cm³/mol. The Morgan fingerprint density at radius 2 is 1.21 bits per heavy atom. The van der Waals surface area contributed by atoms with Crippen molar-refractivity contribution >= 4 is 17.6 Å². The summed E-state index contributed by atoms with van der Waals surface area (Å²) in [6.45, 7) is 2.48. The Morgan fingerprint density at radius 3 is 1.71 bits per heavy atom. The molecule has 2 heterocycles. The third kappa shape index (κ3) is 11.3. The number of imidazole rings is 2. The van der Waals surface area contributed by atoms with Gasteiger partial charge in [0.1, 0.15) is 0 Å². The number of aliphatic hydroxyl groups excluding tert-OH is 1. The van der Waals surface area contributed by atoms with Crippen molar-refractivity contribution in [2.45, 2.75) is 50.2 Å². The molecule has 0 aliphatic heterocycles. The van der Waals surface area contributed by atoms with E-state index in [1.54, 1.807) is 66.8 Å². The van der Waals surface area contributed by atoms with Crippen molar-refractivity contribution in [3.05, 3.63) is 37.4 Å². The smallest absolute Gasteiger partial charge is 0.389 e. The fourth-order valence-electron chi connectivity index (χ4n) is 3.91. The van der Waals surface area contributed by atoms with Crippen LogP contribution in [0.5, 0.6) is 0 Å². The maximum Gasteiger partial charge on any atom is 0.500 e. The maximum absolute atomic E-state index is 10.1. The van der Waals surface area contributed by atoms with E-state index in [9.17, 15) is 5.11 Å². The van der Waals surface area contributed by atoms with Crippen molar-refractivity contribution in [2.75, 3.05) is 62.0 Å². The van der Waals surface area contributed by atoms with Gasteiger partial charge in [-0.1, -0.05) is 0 Å². The maximum atomic E-state index is 10.1. The third-order valence-corrected chi connectivity index (χ3v) is 11.7. The standard InChI is InChI=1S/C23H44N4O9Si2/c1-29-37(30-2,31-3)14-6-13-35-19-23(17-27-11-9-25-21-27)36-38(32-4,33-5)15-7-12-34-18-22(28)16-26-10-8-24-20-26/h8-11,20-23,28H,6-7,12-19H2,1-5H3. The number of aliphatic hydroxyl groups is 1. The zero-order valence-corrected chi connectivity index (χ0v) is 25.2. The summed E-state index contributed by atoms with van der Waals surface area (Å²) in [4.78, 5) is 8.09. The van der Waals surface area contributed by atoms with Crippen LogP contribution in [0.3, 0.4) is 0 Å². The first-order valence-corrected chi connectivity index (χ1v) is 16.5. The summed E-state index contributed by atoms with van der Waals surface area (Å²) in [6.07, 6.45) is 10.9. The molecule has 2 aromatic rings. The fourth-order valence-corrected chi connectivity index (χ4v) is 7.72. The molecule has 0 saturated heterocycles. The number of hydrogen-bond acceptors (Lipinski definition) is 11. The number of hydrogen-bond donors (Lipinski definition) is 1. The molecule has 2 atom stereocenters. The van der Waals surface area contributed by atoms with E-state index in [2.05, 4.69) is 9.97 Å². The molecular formula is C23H44N4O9Si2. The van der Waals surface area contributed by atoms with Gasteiger partial charge in [-0.15, -0.1) is 0 Å². The molecule has 15 heteroatoms. The first-order valence-electron chi connectivity index (χ1n) is 12.6. The van der Waals surface area contributed by atoms with E-state index in [-0.39, 0.29) is 12.7 Å². The monoisotopic (exact) mass is 576 g/mol. The van der Waals surface area contributed by atoms with Crippen LogP contribution in [0, 0.1) is 0 Å². The largest absolute Gasteiger partial charge is 0.500 e. The molecule has 2 unspecified atom stereocenters. The zero-order chi connectivity index (χ0) is 27.7. The minimum atomic E-state index is -3.01. The SMILES string of the molecule is CO[Si](CCCOCC(Cn1ccnc1)O[Si](CCCOCC(O)Cn1ccnc1)(OC)OC)(OC)OC. The second-order valence-electron chi connectivity index (χ2n) is 8.66. The lowest BCUT2D eigenvalue weighted by Crippen LogP contribution is -2.49. The molecule has 0 aromatic carbocycles. The Kier molecular flexibility index (Phi) is 15.5. The Labute approximate surface area is 227 Å². The summed E-state index contributed by atoms with van der Waals surface area (Å²) in [5.74, 6) is 0.